The van der Waals surface area contributed by atoms with E-state index in [0.717, 1.165) is 28.5 Å². The van der Waals surface area contributed by atoms with Crippen LogP contribution in [0, 0.1) is 6.92 Å². The first-order valence-electron chi connectivity index (χ1n) is 11.8. The summed E-state index contributed by atoms with van der Waals surface area (Å²) in [6.45, 7) is 10.1. The van der Waals surface area contributed by atoms with E-state index in [4.69, 9.17) is 14.8 Å². The van der Waals surface area contributed by atoms with Crippen LogP contribution in [0.5, 0.6) is 5.75 Å². The molecule has 0 spiro atoms. The molecular weight excluding hydrogens is 466 g/mol. The molecule has 1 fully saturated rings. The second kappa shape index (κ2) is 8.91. The molecule has 2 heterocycles. The number of anilines is 1. The maximum Gasteiger partial charge on any atom is 0.256 e. The molecule has 1 aliphatic rings. The number of sulfonamides is 1. The van der Waals surface area contributed by atoms with Crippen molar-refractivity contribution < 1.29 is 17.9 Å². The van der Waals surface area contributed by atoms with E-state index in [1.807, 2.05) is 17.7 Å². The number of benzene rings is 1. The molecule has 0 aliphatic heterocycles. The van der Waals surface area contributed by atoms with Gasteiger partial charge in [-0.05, 0) is 71.7 Å². The number of pyridine rings is 1. The van der Waals surface area contributed by atoms with Gasteiger partial charge in [-0.2, -0.15) is 5.10 Å². The van der Waals surface area contributed by atoms with Gasteiger partial charge in [-0.25, -0.2) is 22.4 Å². The molecule has 1 N–H and O–H groups in total. The van der Waals surface area contributed by atoms with Gasteiger partial charge in [-0.15, -0.1) is 0 Å². The zero-order chi connectivity index (χ0) is 25.7. The van der Waals surface area contributed by atoms with E-state index in [-0.39, 0.29) is 22.1 Å². The minimum Gasteiger partial charge on any atom is -0.492 e. The van der Waals surface area contributed by atoms with Crippen LogP contribution >= 0.6 is 0 Å². The van der Waals surface area contributed by atoms with Crippen molar-refractivity contribution in [1.29, 1.82) is 0 Å². The summed E-state index contributed by atoms with van der Waals surface area (Å²) < 4.78 is 34.3. The standard InChI is InChI=1S/C25H33N5O4S/c1-8-34-20-12-11-17(13-21(20)35(32,33)29(6)7)26-24(31)18-14-19(16-9-10-16)27-23-22(18)15(2)28-30(23)25(3,4)5/h11-14,16H,8-10H2,1-7H3,(H,26,31). The summed E-state index contributed by atoms with van der Waals surface area (Å²) >= 11 is 0. The lowest BCUT2D eigenvalue weighted by atomic mass is 10.1. The highest BCUT2D eigenvalue weighted by molar-refractivity contribution is 7.89. The third-order valence-corrected chi connectivity index (χ3v) is 7.80. The van der Waals surface area contributed by atoms with Gasteiger partial charge in [-0.3, -0.25) is 4.79 Å². The molecule has 2 aromatic heterocycles. The van der Waals surface area contributed by atoms with Crippen LogP contribution in [0.1, 0.15) is 68.2 Å². The zero-order valence-corrected chi connectivity index (χ0v) is 22.2. The lowest BCUT2D eigenvalue weighted by molar-refractivity contribution is 0.102. The molecule has 35 heavy (non-hydrogen) atoms. The van der Waals surface area contributed by atoms with Crippen LogP contribution in [0.25, 0.3) is 11.0 Å². The summed E-state index contributed by atoms with van der Waals surface area (Å²) in [7, 11) is -0.868. The summed E-state index contributed by atoms with van der Waals surface area (Å²) in [5.74, 6) is 0.244. The number of hydrogen-bond acceptors (Lipinski definition) is 6. The topological polar surface area (TPSA) is 106 Å². The van der Waals surface area contributed by atoms with Crippen LogP contribution in [-0.4, -0.2) is 54.1 Å². The molecule has 0 radical (unpaired) electrons. The molecule has 1 amide bonds. The Labute approximate surface area is 206 Å². The van der Waals surface area contributed by atoms with E-state index in [9.17, 15) is 13.2 Å². The number of aryl methyl sites for hydroxylation is 1. The van der Waals surface area contributed by atoms with Crippen molar-refractivity contribution in [1.82, 2.24) is 19.1 Å². The first-order chi connectivity index (χ1) is 16.3. The fourth-order valence-corrected chi connectivity index (χ4v) is 5.05. The van der Waals surface area contributed by atoms with Crippen molar-refractivity contribution in [3.63, 3.8) is 0 Å². The second-order valence-corrected chi connectivity index (χ2v) is 12.2. The third kappa shape index (κ3) is 4.77. The largest absolute Gasteiger partial charge is 0.492 e. The van der Waals surface area contributed by atoms with Crippen LogP contribution in [0.15, 0.2) is 29.2 Å². The highest BCUT2D eigenvalue weighted by Crippen LogP contribution is 2.41. The normalized spacial score (nSPS) is 14.5. The Morgan fingerprint density at radius 2 is 1.91 bits per heavy atom. The first kappa shape index (κ1) is 25.1. The van der Waals surface area contributed by atoms with Crippen molar-refractivity contribution in [3.05, 3.63) is 41.2 Å². The van der Waals surface area contributed by atoms with Gasteiger partial charge in [0.15, 0.2) is 5.65 Å². The molecule has 0 bridgehead atoms. The Hall–Kier alpha value is -2.98. The number of carbonyl (C=O) groups excluding carboxylic acids is 1. The highest BCUT2D eigenvalue weighted by atomic mass is 32.2. The number of aromatic nitrogens is 3. The van der Waals surface area contributed by atoms with Gasteiger partial charge in [-0.1, -0.05) is 0 Å². The molecule has 0 unspecified atom stereocenters. The van der Waals surface area contributed by atoms with Gasteiger partial charge in [0, 0.05) is 31.4 Å². The van der Waals surface area contributed by atoms with Crippen LogP contribution in [-0.2, 0) is 15.6 Å². The van der Waals surface area contributed by atoms with Gasteiger partial charge in [0.25, 0.3) is 5.91 Å². The molecule has 1 aromatic carbocycles. The summed E-state index contributed by atoms with van der Waals surface area (Å²) in [5, 5.41) is 8.30. The van der Waals surface area contributed by atoms with Gasteiger partial charge < -0.3 is 10.1 Å². The summed E-state index contributed by atoms with van der Waals surface area (Å²) in [5.41, 5.74) is 2.83. The van der Waals surface area contributed by atoms with Crippen LogP contribution in [0.4, 0.5) is 5.69 Å². The number of nitrogens with zero attached hydrogens (tertiary/aromatic N) is 4. The minimum absolute atomic E-state index is 0.00238. The predicted octanol–water partition coefficient (Wildman–Crippen LogP) is 4.27. The molecule has 4 rings (SSSR count). The van der Waals surface area contributed by atoms with E-state index in [1.165, 1.54) is 20.2 Å². The quantitative estimate of drug-likeness (QED) is 0.520. The molecule has 10 heteroatoms. The molecule has 1 saturated carbocycles. The van der Waals surface area contributed by atoms with Gasteiger partial charge in [0.1, 0.15) is 10.6 Å². The smallest absolute Gasteiger partial charge is 0.256 e. The lowest BCUT2D eigenvalue weighted by Crippen LogP contribution is -2.24. The number of fused-ring (bicyclic) bond motifs is 1. The maximum absolute atomic E-state index is 13.6. The highest BCUT2D eigenvalue weighted by Gasteiger charge is 2.31. The van der Waals surface area contributed by atoms with Crippen LogP contribution < -0.4 is 10.1 Å². The van der Waals surface area contributed by atoms with Crippen molar-refractivity contribution in [2.24, 2.45) is 0 Å². The Morgan fingerprint density at radius 1 is 1.23 bits per heavy atom. The fraction of sp³-hybridized carbons (Fsp3) is 0.480. The van der Waals surface area contributed by atoms with Crippen molar-refractivity contribution in [3.8, 4) is 5.75 Å². The monoisotopic (exact) mass is 499 g/mol. The Balaban J connectivity index is 1.80. The van der Waals surface area contributed by atoms with Crippen molar-refractivity contribution in [2.45, 2.75) is 63.8 Å². The number of amides is 1. The van der Waals surface area contributed by atoms with Crippen molar-refractivity contribution in [2.75, 3.05) is 26.0 Å². The summed E-state index contributed by atoms with van der Waals surface area (Å²) in [6.07, 6.45) is 2.10. The molecule has 3 aromatic rings. The van der Waals surface area contributed by atoms with E-state index < -0.39 is 10.0 Å². The van der Waals surface area contributed by atoms with Gasteiger partial charge in [0.2, 0.25) is 10.0 Å². The Morgan fingerprint density at radius 3 is 2.49 bits per heavy atom. The minimum atomic E-state index is -3.78. The van der Waals surface area contributed by atoms with E-state index in [0.29, 0.717) is 34.8 Å². The lowest BCUT2D eigenvalue weighted by Gasteiger charge is -2.20. The molecule has 1 aliphatic carbocycles. The molecular formula is C25H33N5O4S. The van der Waals surface area contributed by atoms with Crippen molar-refractivity contribution >= 4 is 32.7 Å². The average Bonchev–Trinajstić information content (AvgIpc) is 3.57. The first-order valence-corrected chi connectivity index (χ1v) is 13.2. The molecule has 9 nitrogen and oxygen atoms in total. The van der Waals surface area contributed by atoms with Crippen LogP contribution in [0.3, 0.4) is 0 Å². The number of nitrogens with one attached hydrogen (secondary N) is 1. The second-order valence-electron chi connectivity index (χ2n) is 10.1. The molecule has 0 saturated heterocycles. The molecule has 188 valence electrons. The fourth-order valence-electron chi connectivity index (χ4n) is 4.00. The number of rotatable bonds is 7. The SMILES string of the molecule is CCOc1ccc(NC(=O)c2cc(C3CC3)nc3c2c(C)nn3C(C)(C)C)cc1S(=O)(=O)N(C)C. The zero-order valence-electron chi connectivity index (χ0n) is 21.3. The van der Waals surface area contributed by atoms with Gasteiger partial charge >= 0.3 is 0 Å². The maximum atomic E-state index is 13.6. The third-order valence-electron chi connectivity index (χ3n) is 5.97. The number of carbonyl (C=O) groups is 1. The van der Waals surface area contributed by atoms with Crippen LogP contribution in [0.2, 0.25) is 0 Å². The van der Waals surface area contributed by atoms with Gasteiger partial charge in [0.05, 0.1) is 28.8 Å². The summed E-state index contributed by atoms with van der Waals surface area (Å²) in [6, 6.07) is 6.49. The molecule has 0 atom stereocenters. The Bertz CT molecular complexity index is 1400. The summed E-state index contributed by atoms with van der Waals surface area (Å²) in [4.78, 5) is 18.5. The van der Waals surface area contributed by atoms with E-state index >= 15 is 0 Å². The Kier molecular flexibility index (Phi) is 6.39. The predicted molar refractivity (Wildman–Crippen MR) is 136 cm³/mol. The number of ether oxygens (including phenoxy) is 1. The number of hydrogen-bond donors (Lipinski definition) is 1. The average molecular weight is 500 g/mol. The van der Waals surface area contributed by atoms with E-state index in [2.05, 4.69) is 26.1 Å². The van der Waals surface area contributed by atoms with E-state index in [1.54, 1.807) is 19.1 Å².